The molecule has 2 aliphatic carbocycles. The first-order valence-corrected chi connectivity index (χ1v) is 7.00. The van der Waals surface area contributed by atoms with Gasteiger partial charge in [-0.3, -0.25) is 0 Å². The maximum Gasteiger partial charge on any atom is 0.398 e. The van der Waals surface area contributed by atoms with Crippen molar-refractivity contribution >= 4 is 0 Å². The van der Waals surface area contributed by atoms with Crippen LogP contribution in [0, 0.1) is 11.8 Å². The SMILES string of the molecule is FC(F)(F)C(c1ccc2c(c1)OCO2)(C1CC1)C1CC1. The van der Waals surface area contributed by atoms with Crippen LogP contribution in [0.25, 0.3) is 0 Å². The third kappa shape index (κ3) is 1.58. The maximum absolute atomic E-state index is 13.9. The third-order valence-corrected chi connectivity index (χ3v) is 4.76. The Balaban J connectivity index is 1.86. The van der Waals surface area contributed by atoms with Gasteiger partial charge in [0.25, 0.3) is 0 Å². The summed E-state index contributed by atoms with van der Waals surface area (Å²) in [6.07, 6.45) is -1.52. The van der Waals surface area contributed by atoms with Crippen LogP contribution in [0.1, 0.15) is 31.2 Å². The van der Waals surface area contributed by atoms with E-state index in [1.807, 2.05) is 0 Å². The Hall–Kier alpha value is -1.39. The summed E-state index contributed by atoms with van der Waals surface area (Å²) >= 11 is 0. The lowest BCUT2D eigenvalue weighted by Crippen LogP contribution is -2.46. The van der Waals surface area contributed by atoms with Gasteiger partial charge in [0.2, 0.25) is 6.79 Å². The molecule has 0 aromatic heterocycles. The van der Waals surface area contributed by atoms with Crippen molar-refractivity contribution in [3.8, 4) is 11.5 Å². The quantitative estimate of drug-likeness (QED) is 0.834. The second-order valence-electron chi connectivity index (χ2n) is 5.98. The van der Waals surface area contributed by atoms with E-state index in [1.54, 1.807) is 18.2 Å². The van der Waals surface area contributed by atoms with E-state index in [0.717, 1.165) is 0 Å². The van der Waals surface area contributed by atoms with Crippen molar-refractivity contribution in [2.75, 3.05) is 6.79 Å². The van der Waals surface area contributed by atoms with Crippen LogP contribution >= 0.6 is 0 Å². The summed E-state index contributed by atoms with van der Waals surface area (Å²) in [5.74, 6) is 0.444. The summed E-state index contributed by atoms with van der Waals surface area (Å²) in [6, 6.07) is 4.74. The molecule has 0 radical (unpaired) electrons. The number of hydrogen-bond donors (Lipinski definition) is 0. The lowest BCUT2D eigenvalue weighted by atomic mass is 9.71. The predicted octanol–water partition coefficient (Wildman–Crippen LogP) is 4.04. The average molecular weight is 284 g/mol. The van der Waals surface area contributed by atoms with Crippen LogP contribution in [0.3, 0.4) is 0 Å². The van der Waals surface area contributed by atoms with Crippen LogP contribution in [0.15, 0.2) is 18.2 Å². The van der Waals surface area contributed by atoms with Gasteiger partial charge in [-0.05, 0) is 55.2 Å². The molecule has 0 bridgehead atoms. The molecule has 2 fully saturated rings. The maximum atomic E-state index is 13.9. The standard InChI is InChI=1S/C15H15F3O2/c16-15(17,18)14(9-1-2-9,10-3-4-10)11-5-6-12-13(7-11)20-8-19-12/h5-7,9-10H,1-4,8H2. The van der Waals surface area contributed by atoms with Gasteiger partial charge in [0.05, 0.1) is 5.41 Å². The van der Waals surface area contributed by atoms with Crippen LogP contribution in [-0.4, -0.2) is 13.0 Å². The van der Waals surface area contributed by atoms with Gasteiger partial charge in [0, 0.05) is 0 Å². The molecule has 0 saturated heterocycles. The van der Waals surface area contributed by atoms with Crippen LogP contribution in [0.4, 0.5) is 13.2 Å². The molecule has 1 aromatic carbocycles. The second-order valence-corrected chi connectivity index (χ2v) is 5.98. The molecule has 4 rings (SSSR count). The highest BCUT2D eigenvalue weighted by molar-refractivity contribution is 5.48. The fraction of sp³-hybridized carbons (Fsp3) is 0.600. The van der Waals surface area contributed by atoms with Gasteiger partial charge in [-0.25, -0.2) is 0 Å². The lowest BCUT2D eigenvalue weighted by Gasteiger charge is -2.37. The van der Waals surface area contributed by atoms with Crippen molar-refractivity contribution in [3.63, 3.8) is 0 Å². The van der Waals surface area contributed by atoms with E-state index in [9.17, 15) is 13.2 Å². The van der Waals surface area contributed by atoms with Crippen molar-refractivity contribution < 1.29 is 22.6 Å². The minimum absolute atomic E-state index is 0.0880. The molecule has 0 amide bonds. The van der Waals surface area contributed by atoms with Crippen molar-refractivity contribution in [1.29, 1.82) is 0 Å². The Bertz CT molecular complexity index is 533. The summed E-state index contributed by atoms with van der Waals surface area (Å²) < 4.78 is 52.2. The molecule has 0 spiro atoms. The van der Waals surface area contributed by atoms with Gasteiger partial charge >= 0.3 is 6.18 Å². The first-order chi connectivity index (χ1) is 9.53. The molecule has 3 aliphatic rings. The Labute approximate surface area is 114 Å². The zero-order chi connectivity index (χ0) is 14.0. The van der Waals surface area contributed by atoms with E-state index < -0.39 is 11.6 Å². The fourth-order valence-electron chi connectivity index (χ4n) is 3.66. The number of alkyl halides is 3. The molecule has 2 saturated carbocycles. The molecule has 1 aromatic rings. The lowest BCUT2D eigenvalue weighted by molar-refractivity contribution is -0.204. The molecular formula is C15H15F3O2. The van der Waals surface area contributed by atoms with E-state index >= 15 is 0 Å². The van der Waals surface area contributed by atoms with Gasteiger partial charge in [0.1, 0.15) is 0 Å². The van der Waals surface area contributed by atoms with E-state index in [2.05, 4.69) is 0 Å². The summed E-state index contributed by atoms with van der Waals surface area (Å²) in [6.45, 7) is 0.0880. The molecule has 1 aliphatic heterocycles. The van der Waals surface area contributed by atoms with E-state index in [-0.39, 0.29) is 18.6 Å². The summed E-state index contributed by atoms with van der Waals surface area (Å²) in [7, 11) is 0. The Morgan fingerprint density at radius 2 is 1.50 bits per heavy atom. The molecule has 108 valence electrons. The molecular weight excluding hydrogens is 269 g/mol. The van der Waals surface area contributed by atoms with Gasteiger partial charge in [-0.15, -0.1) is 0 Å². The summed E-state index contributed by atoms with van der Waals surface area (Å²) in [5.41, 5.74) is -1.31. The van der Waals surface area contributed by atoms with E-state index in [1.165, 1.54) is 0 Å². The topological polar surface area (TPSA) is 18.5 Å². The molecule has 1 heterocycles. The Kier molecular flexibility index (Phi) is 2.37. The van der Waals surface area contributed by atoms with E-state index in [0.29, 0.717) is 42.7 Å². The number of halogens is 3. The summed E-state index contributed by atoms with van der Waals surface area (Å²) in [5, 5.41) is 0. The van der Waals surface area contributed by atoms with Crippen molar-refractivity contribution in [2.45, 2.75) is 37.3 Å². The van der Waals surface area contributed by atoms with Gasteiger partial charge < -0.3 is 9.47 Å². The van der Waals surface area contributed by atoms with Gasteiger partial charge in [-0.2, -0.15) is 13.2 Å². The average Bonchev–Trinajstić information content (AvgIpc) is 3.29. The Morgan fingerprint density at radius 3 is 2.05 bits per heavy atom. The third-order valence-electron chi connectivity index (χ3n) is 4.76. The van der Waals surface area contributed by atoms with Gasteiger partial charge in [0.15, 0.2) is 11.5 Å². The highest BCUT2D eigenvalue weighted by Crippen LogP contribution is 2.65. The number of rotatable bonds is 3. The molecule has 20 heavy (non-hydrogen) atoms. The van der Waals surface area contributed by atoms with Crippen molar-refractivity contribution in [2.24, 2.45) is 11.8 Å². The number of fused-ring (bicyclic) bond motifs is 1. The first kappa shape index (κ1) is 12.4. The predicted molar refractivity (Wildman–Crippen MR) is 65.7 cm³/mol. The number of ether oxygens (including phenoxy) is 2. The van der Waals surface area contributed by atoms with E-state index in [4.69, 9.17) is 9.47 Å². The largest absolute Gasteiger partial charge is 0.454 e. The molecule has 2 nitrogen and oxygen atoms in total. The molecule has 0 atom stereocenters. The zero-order valence-corrected chi connectivity index (χ0v) is 10.9. The van der Waals surface area contributed by atoms with Crippen molar-refractivity contribution in [1.82, 2.24) is 0 Å². The normalized spacial score (nSPS) is 22.1. The number of hydrogen-bond acceptors (Lipinski definition) is 2. The minimum atomic E-state index is -4.21. The smallest absolute Gasteiger partial charge is 0.398 e. The molecule has 0 unspecified atom stereocenters. The highest BCUT2D eigenvalue weighted by atomic mass is 19.4. The van der Waals surface area contributed by atoms with Crippen LogP contribution in [0.2, 0.25) is 0 Å². The zero-order valence-electron chi connectivity index (χ0n) is 10.9. The second kappa shape index (κ2) is 3.83. The first-order valence-electron chi connectivity index (χ1n) is 7.00. The fourth-order valence-corrected chi connectivity index (χ4v) is 3.66. The molecule has 0 N–H and O–H groups in total. The Morgan fingerprint density at radius 1 is 0.900 bits per heavy atom. The highest BCUT2D eigenvalue weighted by Gasteiger charge is 2.69. The van der Waals surface area contributed by atoms with Crippen LogP contribution in [0.5, 0.6) is 11.5 Å². The monoisotopic (exact) mass is 284 g/mol. The number of benzene rings is 1. The molecule has 5 heteroatoms. The summed E-state index contributed by atoms with van der Waals surface area (Å²) in [4.78, 5) is 0. The van der Waals surface area contributed by atoms with Crippen molar-refractivity contribution in [3.05, 3.63) is 23.8 Å². The van der Waals surface area contributed by atoms with Crippen LogP contribution < -0.4 is 9.47 Å². The minimum Gasteiger partial charge on any atom is -0.454 e. The van der Waals surface area contributed by atoms with Gasteiger partial charge in [-0.1, -0.05) is 6.07 Å². The van der Waals surface area contributed by atoms with Crippen LogP contribution in [-0.2, 0) is 5.41 Å².